The minimum atomic E-state index is -4.54. The average molecular weight is 680 g/mol. The van der Waals surface area contributed by atoms with Crippen molar-refractivity contribution < 1.29 is 37.3 Å². The maximum atomic E-state index is 13.0. The second kappa shape index (κ2) is 15.8. The lowest BCUT2D eigenvalue weighted by atomic mass is 10.1. The highest BCUT2D eigenvalue weighted by Gasteiger charge is 2.31. The molecule has 2 aromatic carbocycles. The third-order valence-corrected chi connectivity index (χ3v) is 7.85. The number of amides is 1. The van der Waals surface area contributed by atoms with E-state index in [1.54, 1.807) is 56.8 Å². The number of fused-ring (bicyclic) bond motifs is 1. The fraction of sp³-hybridized carbons (Fsp3) is 0.294. The summed E-state index contributed by atoms with van der Waals surface area (Å²) >= 11 is 0. The molecule has 49 heavy (non-hydrogen) atoms. The summed E-state index contributed by atoms with van der Waals surface area (Å²) in [4.78, 5) is 21.0. The van der Waals surface area contributed by atoms with Crippen molar-refractivity contribution in [2.24, 2.45) is 0 Å². The van der Waals surface area contributed by atoms with Crippen molar-refractivity contribution >= 4 is 28.4 Å². The van der Waals surface area contributed by atoms with Crippen LogP contribution in [0.3, 0.4) is 0 Å². The Morgan fingerprint density at radius 3 is 2.47 bits per heavy atom. The number of aliphatic hydroxyl groups excluding tert-OH is 1. The smallest absolute Gasteiger partial charge is 0.416 e. The molecule has 4 heterocycles. The number of methoxy groups -OCH3 is 3. The molecule has 0 bridgehead atoms. The first-order valence-electron chi connectivity index (χ1n) is 15.3. The molecule has 0 saturated carbocycles. The second-order valence-corrected chi connectivity index (χ2v) is 11.0. The molecule has 6 rings (SSSR count). The van der Waals surface area contributed by atoms with Gasteiger partial charge in [-0.3, -0.25) is 9.89 Å². The largest absolute Gasteiger partial charge is 0.497 e. The number of carbonyl (C=O) groups is 1. The van der Waals surface area contributed by atoms with Crippen molar-refractivity contribution in [3.8, 4) is 22.8 Å². The molecule has 15 heteroatoms. The minimum absolute atomic E-state index is 0.162. The molecule has 1 aliphatic rings. The van der Waals surface area contributed by atoms with Crippen LogP contribution >= 0.6 is 0 Å². The third kappa shape index (κ3) is 8.62. The number of ether oxygens (including phenoxy) is 3. The Labute approximate surface area is 280 Å². The van der Waals surface area contributed by atoms with Gasteiger partial charge < -0.3 is 35.3 Å². The number of nitrogens with one attached hydrogen (secondary N) is 4. The van der Waals surface area contributed by atoms with Crippen molar-refractivity contribution in [2.45, 2.75) is 37.9 Å². The van der Waals surface area contributed by atoms with Crippen LogP contribution in [-0.2, 0) is 17.5 Å². The lowest BCUT2D eigenvalue weighted by molar-refractivity contribution is -0.137. The average Bonchev–Trinajstić information content (AvgIpc) is 3.82. The Morgan fingerprint density at radius 1 is 1.02 bits per heavy atom. The Hall–Kier alpha value is -5.25. The van der Waals surface area contributed by atoms with Gasteiger partial charge in [0, 0.05) is 48.8 Å². The van der Waals surface area contributed by atoms with Crippen LogP contribution in [0.4, 0.5) is 24.8 Å². The molecule has 2 unspecified atom stereocenters. The molecule has 2 atom stereocenters. The number of pyridine rings is 2. The number of rotatable bonds is 10. The van der Waals surface area contributed by atoms with Gasteiger partial charge in [0.25, 0.3) is 5.91 Å². The first-order chi connectivity index (χ1) is 23.6. The first kappa shape index (κ1) is 35.1. The van der Waals surface area contributed by atoms with Crippen LogP contribution in [-0.4, -0.2) is 71.4 Å². The van der Waals surface area contributed by atoms with Gasteiger partial charge >= 0.3 is 6.18 Å². The molecule has 3 aromatic heterocycles. The van der Waals surface area contributed by atoms with E-state index in [0.29, 0.717) is 35.1 Å². The van der Waals surface area contributed by atoms with Gasteiger partial charge in [-0.05, 0) is 61.9 Å². The highest BCUT2D eigenvalue weighted by atomic mass is 19.4. The van der Waals surface area contributed by atoms with Gasteiger partial charge in [0.2, 0.25) is 0 Å². The molecule has 5 aromatic rings. The van der Waals surface area contributed by atoms with Crippen molar-refractivity contribution in [2.75, 3.05) is 38.5 Å². The summed E-state index contributed by atoms with van der Waals surface area (Å²) in [6.07, 6.45) is -0.339. The van der Waals surface area contributed by atoms with Gasteiger partial charge in [0.1, 0.15) is 28.8 Å². The number of alkyl halides is 3. The zero-order valence-electron chi connectivity index (χ0n) is 27.0. The van der Waals surface area contributed by atoms with Crippen LogP contribution < -0.4 is 25.4 Å². The number of H-pyrrole nitrogens is 1. The van der Waals surface area contributed by atoms with Crippen molar-refractivity contribution in [3.05, 3.63) is 89.7 Å². The molecule has 0 spiro atoms. The van der Waals surface area contributed by atoms with Crippen LogP contribution in [0.5, 0.6) is 11.5 Å². The number of benzene rings is 2. The van der Waals surface area contributed by atoms with Gasteiger partial charge in [0.05, 0.1) is 36.7 Å². The van der Waals surface area contributed by atoms with Crippen LogP contribution in [0.2, 0.25) is 0 Å². The number of aromatic amines is 1. The quantitative estimate of drug-likeness (QED) is 0.117. The number of nitrogens with zero attached hydrogens (tertiary/aromatic N) is 3. The van der Waals surface area contributed by atoms with E-state index in [1.165, 1.54) is 7.11 Å². The van der Waals surface area contributed by atoms with Gasteiger partial charge in [-0.25, -0.2) is 9.97 Å². The number of hydrogen-bond acceptors (Lipinski definition) is 10. The lowest BCUT2D eigenvalue weighted by Gasteiger charge is -2.15. The normalized spacial score (nSPS) is 14.9. The number of aliphatic hydroxyl groups is 1. The molecule has 12 nitrogen and oxygen atoms in total. The molecule has 1 saturated heterocycles. The summed E-state index contributed by atoms with van der Waals surface area (Å²) in [6.45, 7) is 1.43. The summed E-state index contributed by atoms with van der Waals surface area (Å²) in [6, 6.07) is 15.7. The number of halogens is 3. The SMILES string of the molecule is COC(O)C1CCCN1.COc1ccc(CNc2nccc3[nH]nc(-c4ccc(C(=O)Nc5cc(C(F)(F)F)ccn5)cc4)c23)c(OC)c1. The molecule has 0 aliphatic carbocycles. The predicted octanol–water partition coefficient (Wildman–Crippen LogP) is 5.62. The van der Waals surface area contributed by atoms with Crippen molar-refractivity contribution in [1.29, 1.82) is 0 Å². The fourth-order valence-corrected chi connectivity index (χ4v) is 5.25. The van der Waals surface area contributed by atoms with Crippen LogP contribution in [0.25, 0.3) is 22.2 Å². The highest BCUT2D eigenvalue weighted by Crippen LogP contribution is 2.33. The molecule has 0 radical (unpaired) electrons. The third-order valence-electron chi connectivity index (χ3n) is 7.85. The van der Waals surface area contributed by atoms with E-state index >= 15 is 0 Å². The Bertz CT molecular complexity index is 1860. The maximum Gasteiger partial charge on any atom is 0.416 e. The lowest BCUT2D eigenvalue weighted by Crippen LogP contribution is -2.35. The van der Waals surface area contributed by atoms with E-state index in [0.717, 1.165) is 54.2 Å². The molecular formula is C34H36F3N7O5. The molecule has 258 valence electrons. The molecule has 5 N–H and O–H groups in total. The molecular weight excluding hydrogens is 643 g/mol. The summed E-state index contributed by atoms with van der Waals surface area (Å²) < 4.78 is 54.4. The summed E-state index contributed by atoms with van der Waals surface area (Å²) in [5, 5.41) is 26.1. The van der Waals surface area contributed by atoms with Gasteiger partial charge in [-0.15, -0.1) is 0 Å². The predicted molar refractivity (Wildman–Crippen MR) is 177 cm³/mol. The second-order valence-electron chi connectivity index (χ2n) is 11.0. The molecule has 1 aliphatic heterocycles. The number of aromatic nitrogens is 4. The zero-order valence-corrected chi connectivity index (χ0v) is 27.0. The topological polar surface area (TPSA) is 156 Å². The monoisotopic (exact) mass is 679 g/mol. The van der Waals surface area contributed by atoms with Gasteiger partial charge in [-0.2, -0.15) is 18.3 Å². The van der Waals surface area contributed by atoms with E-state index in [-0.39, 0.29) is 17.4 Å². The van der Waals surface area contributed by atoms with Crippen LogP contribution in [0, 0.1) is 0 Å². The van der Waals surface area contributed by atoms with E-state index in [1.807, 2.05) is 12.1 Å². The Balaban J connectivity index is 0.000000452. The number of carbonyl (C=O) groups excluding carboxylic acids is 1. The maximum absolute atomic E-state index is 13.0. The van der Waals surface area contributed by atoms with E-state index in [9.17, 15) is 18.0 Å². The molecule has 1 fully saturated rings. The van der Waals surface area contributed by atoms with Crippen molar-refractivity contribution in [1.82, 2.24) is 25.5 Å². The van der Waals surface area contributed by atoms with E-state index in [4.69, 9.17) is 19.3 Å². The number of anilines is 2. The Morgan fingerprint density at radius 2 is 1.80 bits per heavy atom. The summed E-state index contributed by atoms with van der Waals surface area (Å²) in [5.41, 5.74) is 2.31. The zero-order chi connectivity index (χ0) is 35.0. The standard InChI is InChI=1S/C28H23F3N6O3.C6H13NO2/c1-39-20-8-7-18(22(14-20)40-2)15-34-26-24-21(10-12-33-26)36-37-25(24)16-3-5-17(6-4-16)27(38)35-23-13-19(9-11-32-23)28(29,30)31;1-9-6(8)5-3-2-4-7-5/h3-14H,15H2,1-2H3,(H,33,34)(H,36,37)(H,32,35,38);5-8H,2-4H2,1H3. The fourth-order valence-electron chi connectivity index (χ4n) is 5.25. The van der Waals surface area contributed by atoms with Crippen LogP contribution in [0.15, 0.2) is 73.1 Å². The summed E-state index contributed by atoms with van der Waals surface area (Å²) in [5.74, 6) is 1.15. The summed E-state index contributed by atoms with van der Waals surface area (Å²) in [7, 11) is 4.69. The van der Waals surface area contributed by atoms with E-state index in [2.05, 4.69) is 36.1 Å². The van der Waals surface area contributed by atoms with E-state index < -0.39 is 23.9 Å². The Kier molecular flexibility index (Phi) is 11.3. The highest BCUT2D eigenvalue weighted by molar-refractivity contribution is 6.05. The van der Waals surface area contributed by atoms with Gasteiger partial charge in [0.15, 0.2) is 6.29 Å². The van der Waals surface area contributed by atoms with Crippen molar-refractivity contribution in [3.63, 3.8) is 0 Å². The van der Waals surface area contributed by atoms with Crippen LogP contribution in [0.1, 0.15) is 34.3 Å². The van der Waals surface area contributed by atoms with Gasteiger partial charge in [-0.1, -0.05) is 12.1 Å². The number of hydrogen-bond donors (Lipinski definition) is 5. The molecule has 1 amide bonds. The minimum Gasteiger partial charge on any atom is -0.497 e. The first-order valence-corrected chi connectivity index (χ1v) is 15.3.